The van der Waals surface area contributed by atoms with Gasteiger partial charge in [-0.2, -0.15) is 0 Å². The maximum atomic E-state index is 5.90. The number of imidazole rings is 1. The first-order valence-corrected chi connectivity index (χ1v) is 23.5. The first-order chi connectivity index (χ1) is 33.5. The molecule has 4 heteroatoms. The molecular weight excluding hydrogens is 825 g/mol. The molecule has 0 amide bonds. The van der Waals surface area contributed by atoms with Gasteiger partial charge >= 0.3 is 0 Å². The van der Waals surface area contributed by atoms with Gasteiger partial charge in [-0.1, -0.05) is 202 Å². The fourth-order valence-corrected chi connectivity index (χ4v) is 11.3. The third kappa shape index (κ3) is 5.93. The van der Waals surface area contributed by atoms with Crippen LogP contribution in [0, 0.1) is 0 Å². The van der Waals surface area contributed by atoms with E-state index in [1.807, 2.05) is 12.3 Å². The lowest BCUT2D eigenvalue weighted by atomic mass is 9.67. The van der Waals surface area contributed by atoms with Gasteiger partial charge in [-0.15, -0.1) is 0 Å². The lowest BCUT2D eigenvalue weighted by Crippen LogP contribution is -2.31. The molecule has 68 heavy (non-hydrogen) atoms. The van der Waals surface area contributed by atoms with Crippen molar-refractivity contribution in [1.82, 2.24) is 19.5 Å². The minimum atomic E-state index is -0.713. The molecule has 0 bridgehead atoms. The zero-order valence-electron chi connectivity index (χ0n) is 37.9. The summed E-state index contributed by atoms with van der Waals surface area (Å²) in [4.78, 5) is 15.0. The van der Waals surface area contributed by atoms with Crippen LogP contribution in [0.2, 0.25) is 0 Å². The molecule has 1 aliphatic carbocycles. The Labute approximate surface area is 395 Å². The van der Waals surface area contributed by atoms with Crippen molar-refractivity contribution in [2.24, 2.45) is 0 Å². The second-order valence-corrected chi connectivity index (χ2v) is 18.6. The molecule has 0 atom stereocenters. The van der Waals surface area contributed by atoms with Crippen LogP contribution in [-0.2, 0) is 10.8 Å². The number of benzene rings is 9. The molecule has 3 heterocycles. The summed E-state index contributed by atoms with van der Waals surface area (Å²) in [5, 5.41) is 2.37. The van der Waals surface area contributed by atoms with Crippen LogP contribution in [0.15, 0.2) is 237 Å². The van der Waals surface area contributed by atoms with E-state index in [1.54, 1.807) is 0 Å². The Kier molecular flexibility index (Phi) is 9.06. The highest BCUT2D eigenvalue weighted by molar-refractivity contribution is 6.12. The van der Waals surface area contributed by atoms with Crippen LogP contribution in [0.5, 0.6) is 0 Å². The second kappa shape index (κ2) is 15.5. The molecule has 4 nitrogen and oxygen atoms in total. The molecule has 13 rings (SSSR count). The van der Waals surface area contributed by atoms with E-state index < -0.39 is 5.41 Å². The number of nitrogens with one attached hydrogen (secondary N) is 1. The topological polar surface area (TPSA) is 46.5 Å². The molecule has 9 aromatic carbocycles. The van der Waals surface area contributed by atoms with Crippen LogP contribution in [0.25, 0.3) is 83.3 Å². The van der Waals surface area contributed by atoms with Crippen LogP contribution in [0.1, 0.15) is 47.4 Å². The number of rotatable bonds is 8. The zero-order chi connectivity index (χ0) is 45.4. The summed E-state index contributed by atoms with van der Waals surface area (Å²) in [6.45, 7) is 4.71. The van der Waals surface area contributed by atoms with Gasteiger partial charge in [-0.3, -0.25) is 9.55 Å². The van der Waals surface area contributed by atoms with Gasteiger partial charge in [0.25, 0.3) is 0 Å². The molecular formula is C64H46N4. The first kappa shape index (κ1) is 39.7. The van der Waals surface area contributed by atoms with Crippen LogP contribution >= 0.6 is 0 Å². The quantitative estimate of drug-likeness (QED) is 0.165. The molecule has 0 fully saturated rings. The third-order valence-corrected chi connectivity index (χ3v) is 14.6. The van der Waals surface area contributed by atoms with Crippen LogP contribution in [0.4, 0.5) is 0 Å². The normalized spacial score (nSPS) is 13.0. The number of para-hydroxylation sites is 3. The Balaban J connectivity index is 1.17. The van der Waals surface area contributed by atoms with Gasteiger partial charge in [-0.05, 0) is 92.5 Å². The van der Waals surface area contributed by atoms with E-state index in [1.165, 1.54) is 44.2 Å². The Bertz CT molecular complexity index is 3820. The number of hydrogen-bond donors (Lipinski definition) is 1. The largest absolute Gasteiger partial charge is 0.354 e. The lowest BCUT2D eigenvalue weighted by Gasteiger charge is -2.35. The van der Waals surface area contributed by atoms with Crippen molar-refractivity contribution in [2.45, 2.75) is 24.7 Å². The van der Waals surface area contributed by atoms with E-state index in [4.69, 9.17) is 9.97 Å². The third-order valence-electron chi connectivity index (χ3n) is 14.6. The van der Waals surface area contributed by atoms with Crippen LogP contribution in [0.3, 0.4) is 0 Å². The summed E-state index contributed by atoms with van der Waals surface area (Å²) >= 11 is 0. The molecule has 12 aromatic rings. The number of aromatic amines is 1. The number of fused-ring (bicyclic) bond motifs is 7. The van der Waals surface area contributed by atoms with E-state index >= 15 is 0 Å². The predicted molar refractivity (Wildman–Crippen MR) is 280 cm³/mol. The minimum Gasteiger partial charge on any atom is -0.354 e. The molecule has 0 saturated heterocycles. The molecule has 0 aliphatic heterocycles. The van der Waals surface area contributed by atoms with Gasteiger partial charge in [0, 0.05) is 50.3 Å². The molecule has 0 unspecified atom stereocenters. The monoisotopic (exact) mass is 870 g/mol. The number of nitrogens with zero attached hydrogens (tertiary/aromatic N) is 3. The van der Waals surface area contributed by atoms with Crippen molar-refractivity contribution < 1.29 is 0 Å². The number of H-pyrrole nitrogens is 1. The molecule has 3 aromatic heterocycles. The molecule has 0 spiro atoms. The maximum absolute atomic E-state index is 5.90. The summed E-state index contributed by atoms with van der Waals surface area (Å²) in [7, 11) is 0. The Morgan fingerprint density at radius 1 is 0.471 bits per heavy atom. The van der Waals surface area contributed by atoms with Gasteiger partial charge in [0.15, 0.2) is 0 Å². The summed E-state index contributed by atoms with van der Waals surface area (Å²) in [6, 6.07) is 83.7. The number of hydrogen-bond acceptors (Lipinski definition) is 2. The fourth-order valence-electron chi connectivity index (χ4n) is 11.3. The number of aromatic nitrogens is 4. The maximum Gasteiger partial charge on any atom is 0.147 e. The highest BCUT2D eigenvalue weighted by atomic mass is 15.1. The van der Waals surface area contributed by atoms with Gasteiger partial charge in [0.1, 0.15) is 5.82 Å². The summed E-state index contributed by atoms with van der Waals surface area (Å²) in [5.41, 5.74) is 19.1. The number of pyridine rings is 1. The van der Waals surface area contributed by atoms with Crippen LogP contribution < -0.4 is 0 Å². The first-order valence-electron chi connectivity index (χ1n) is 23.5. The van der Waals surface area contributed by atoms with Crippen molar-refractivity contribution in [3.63, 3.8) is 0 Å². The zero-order valence-corrected chi connectivity index (χ0v) is 37.9. The minimum absolute atomic E-state index is 0.377. The van der Waals surface area contributed by atoms with Gasteiger partial charge in [0.2, 0.25) is 0 Å². The van der Waals surface area contributed by atoms with E-state index in [2.05, 4.69) is 248 Å². The Morgan fingerprint density at radius 3 is 1.82 bits per heavy atom. The second-order valence-electron chi connectivity index (χ2n) is 18.6. The summed E-state index contributed by atoms with van der Waals surface area (Å²) < 4.78 is 2.39. The molecule has 322 valence electrons. The van der Waals surface area contributed by atoms with E-state index in [0.29, 0.717) is 0 Å². The predicted octanol–water partition coefficient (Wildman–Crippen LogP) is 15.7. The average Bonchev–Trinajstić information content (AvgIpc) is 4.09. The van der Waals surface area contributed by atoms with Crippen molar-refractivity contribution in [3.8, 4) is 50.5 Å². The van der Waals surface area contributed by atoms with Gasteiger partial charge < -0.3 is 4.98 Å². The average molecular weight is 871 g/mol. The highest BCUT2D eigenvalue weighted by Gasteiger charge is 2.47. The molecule has 1 N–H and O–H groups in total. The lowest BCUT2D eigenvalue weighted by molar-refractivity contribution is 0.635. The molecule has 0 saturated carbocycles. The van der Waals surface area contributed by atoms with E-state index in [0.717, 1.165) is 72.7 Å². The highest BCUT2D eigenvalue weighted by Crippen LogP contribution is 2.57. The van der Waals surface area contributed by atoms with E-state index in [9.17, 15) is 0 Å². The van der Waals surface area contributed by atoms with Crippen molar-refractivity contribution in [2.75, 3.05) is 0 Å². The Hall–Kier alpha value is -8.60. The van der Waals surface area contributed by atoms with Crippen molar-refractivity contribution in [1.29, 1.82) is 0 Å². The van der Waals surface area contributed by atoms with Gasteiger partial charge in [-0.25, -0.2) is 4.98 Å². The molecule has 1 aliphatic rings. The fraction of sp³-hybridized carbons (Fsp3) is 0.0625. The van der Waals surface area contributed by atoms with Crippen molar-refractivity contribution >= 4 is 32.8 Å². The standard InChI is InChI=1S/C64H46N4/c1-63(2,44-23-8-4-9-24-44)45-39-43(40-46(41-45)64(58-35-18-19-38-65-58)55-32-15-12-27-50(55)51-28-13-16-33-56(51)64)48-36-37-49(42-21-6-3-7-22-42)61-60(48)67-62(68(61)47-25-10-5-11-26-47)54-31-20-30-53-52-29-14-17-34-57(52)66-59(53)54/h3-41,66H,1-2H3. The molecule has 0 radical (unpaired) electrons. The SMILES string of the molecule is CC(C)(c1ccccc1)c1cc(-c2ccc(-c3ccccc3)c3c2nc(-c2cccc4c2[nH]c2ccccc24)n3-c2ccccc2)cc(C2(c3ccccn3)c3ccccc3-c3ccccc32)c1. The Morgan fingerprint density at radius 2 is 1.09 bits per heavy atom. The smallest absolute Gasteiger partial charge is 0.147 e. The van der Waals surface area contributed by atoms with E-state index in [-0.39, 0.29) is 5.41 Å². The summed E-state index contributed by atoms with van der Waals surface area (Å²) in [5.74, 6) is 0.873. The summed E-state index contributed by atoms with van der Waals surface area (Å²) in [6.07, 6.45) is 1.94. The van der Waals surface area contributed by atoms with Gasteiger partial charge in [0.05, 0.1) is 27.7 Å². The van der Waals surface area contributed by atoms with Crippen LogP contribution in [-0.4, -0.2) is 19.5 Å². The van der Waals surface area contributed by atoms with Crippen molar-refractivity contribution in [3.05, 3.63) is 270 Å².